The van der Waals surface area contributed by atoms with E-state index in [2.05, 4.69) is 5.32 Å². The zero-order chi connectivity index (χ0) is 11.7. The van der Waals surface area contributed by atoms with Crippen molar-refractivity contribution >= 4 is 17.3 Å². The van der Waals surface area contributed by atoms with E-state index in [1.165, 1.54) is 0 Å². The number of hydrogen-bond donors (Lipinski definition) is 1. The summed E-state index contributed by atoms with van der Waals surface area (Å²) in [7, 11) is 0. The van der Waals surface area contributed by atoms with Crippen molar-refractivity contribution in [1.82, 2.24) is 0 Å². The molecule has 86 valence electrons. The number of nitrogens with one attached hydrogen (secondary N) is 1. The first-order valence-corrected chi connectivity index (χ1v) is 5.83. The Labute approximate surface area is 96.5 Å². The van der Waals surface area contributed by atoms with E-state index in [0.29, 0.717) is 0 Å². The molecule has 1 atom stereocenters. The average Bonchev–Trinajstić information content (AvgIpc) is 2.27. The molecule has 0 saturated carbocycles. The number of benzene rings is 1. The van der Waals surface area contributed by atoms with E-state index in [-0.39, 0.29) is 18.0 Å². The summed E-state index contributed by atoms with van der Waals surface area (Å²) in [6, 6.07) is 8.09. The standard InChI is InChI=1S/C13H18N2O/c1-4-10-13(16)15(9(2)3)12-8-6-5-7-11(12)14-10/h5-10,14H,4H2,1-3H3. The van der Waals surface area contributed by atoms with Crippen LogP contribution in [0.3, 0.4) is 0 Å². The highest BCUT2D eigenvalue weighted by Gasteiger charge is 2.32. The van der Waals surface area contributed by atoms with Crippen LogP contribution in [0.2, 0.25) is 0 Å². The fourth-order valence-electron chi connectivity index (χ4n) is 2.15. The van der Waals surface area contributed by atoms with Crippen molar-refractivity contribution in [3.63, 3.8) is 0 Å². The zero-order valence-electron chi connectivity index (χ0n) is 10.0. The Bertz CT molecular complexity index is 401. The molecular formula is C13H18N2O. The molecule has 1 aliphatic rings. The number of fused-ring (bicyclic) bond motifs is 1. The van der Waals surface area contributed by atoms with Crippen molar-refractivity contribution in [2.24, 2.45) is 0 Å². The van der Waals surface area contributed by atoms with Gasteiger partial charge in [0.15, 0.2) is 0 Å². The SMILES string of the molecule is CCC1Nc2ccccc2N(C(C)C)C1=O. The first-order chi connectivity index (χ1) is 7.65. The van der Waals surface area contributed by atoms with Crippen LogP contribution >= 0.6 is 0 Å². The molecule has 0 saturated heterocycles. The zero-order valence-corrected chi connectivity index (χ0v) is 10.0. The van der Waals surface area contributed by atoms with Gasteiger partial charge in [0.2, 0.25) is 5.91 Å². The quantitative estimate of drug-likeness (QED) is 0.827. The van der Waals surface area contributed by atoms with Crippen molar-refractivity contribution in [3.8, 4) is 0 Å². The Morgan fingerprint density at radius 2 is 2.06 bits per heavy atom. The molecular weight excluding hydrogens is 200 g/mol. The number of carbonyl (C=O) groups excluding carboxylic acids is 1. The molecule has 0 fully saturated rings. The molecule has 3 nitrogen and oxygen atoms in total. The highest BCUT2D eigenvalue weighted by atomic mass is 16.2. The highest BCUT2D eigenvalue weighted by molar-refractivity contribution is 6.05. The van der Waals surface area contributed by atoms with E-state index in [4.69, 9.17) is 0 Å². The smallest absolute Gasteiger partial charge is 0.249 e. The predicted octanol–water partition coefficient (Wildman–Crippen LogP) is 2.63. The maximum atomic E-state index is 12.2. The van der Waals surface area contributed by atoms with Crippen molar-refractivity contribution in [1.29, 1.82) is 0 Å². The fraction of sp³-hybridized carbons (Fsp3) is 0.462. The molecule has 1 amide bonds. The third-order valence-electron chi connectivity index (χ3n) is 2.95. The second kappa shape index (κ2) is 4.16. The van der Waals surface area contributed by atoms with Crippen molar-refractivity contribution < 1.29 is 4.79 Å². The van der Waals surface area contributed by atoms with Crippen LogP contribution in [0.4, 0.5) is 11.4 Å². The minimum Gasteiger partial charge on any atom is -0.372 e. The third kappa shape index (κ3) is 1.66. The summed E-state index contributed by atoms with van der Waals surface area (Å²) in [5.41, 5.74) is 2.05. The van der Waals surface area contributed by atoms with Crippen LogP contribution in [0.1, 0.15) is 27.2 Å². The first kappa shape index (κ1) is 11.0. The Morgan fingerprint density at radius 3 is 2.69 bits per heavy atom. The van der Waals surface area contributed by atoms with Crippen LogP contribution in [0.25, 0.3) is 0 Å². The van der Waals surface area contributed by atoms with Crippen molar-refractivity contribution in [2.45, 2.75) is 39.3 Å². The summed E-state index contributed by atoms with van der Waals surface area (Å²) in [5.74, 6) is 0.177. The monoisotopic (exact) mass is 218 g/mol. The summed E-state index contributed by atoms with van der Waals surface area (Å²) in [4.78, 5) is 14.1. The van der Waals surface area contributed by atoms with Gasteiger partial charge in [0.1, 0.15) is 6.04 Å². The Morgan fingerprint density at radius 1 is 1.38 bits per heavy atom. The molecule has 1 aromatic rings. The van der Waals surface area contributed by atoms with Gasteiger partial charge < -0.3 is 10.2 Å². The van der Waals surface area contributed by atoms with Gasteiger partial charge in [-0.2, -0.15) is 0 Å². The molecule has 1 aromatic carbocycles. The number of nitrogens with zero attached hydrogens (tertiary/aromatic N) is 1. The number of anilines is 2. The van der Waals surface area contributed by atoms with E-state index in [0.717, 1.165) is 17.8 Å². The lowest BCUT2D eigenvalue weighted by Crippen LogP contribution is -2.49. The molecule has 1 unspecified atom stereocenters. The maximum absolute atomic E-state index is 12.2. The molecule has 1 N–H and O–H groups in total. The van der Waals surface area contributed by atoms with Gasteiger partial charge in [0, 0.05) is 6.04 Å². The summed E-state index contributed by atoms with van der Waals surface area (Å²) in [6.45, 7) is 6.13. The second-order valence-electron chi connectivity index (χ2n) is 4.42. The van der Waals surface area contributed by atoms with Gasteiger partial charge in [-0.05, 0) is 32.4 Å². The number of para-hydroxylation sites is 2. The molecule has 3 heteroatoms. The molecule has 1 heterocycles. The van der Waals surface area contributed by atoms with E-state index in [1.54, 1.807) is 0 Å². The predicted molar refractivity (Wildman–Crippen MR) is 66.8 cm³/mol. The van der Waals surface area contributed by atoms with Crippen molar-refractivity contribution in [3.05, 3.63) is 24.3 Å². The number of amides is 1. The van der Waals surface area contributed by atoms with Gasteiger partial charge in [-0.25, -0.2) is 0 Å². The molecule has 0 aromatic heterocycles. The van der Waals surface area contributed by atoms with Gasteiger partial charge in [0.25, 0.3) is 0 Å². The Hall–Kier alpha value is -1.51. The number of hydrogen-bond acceptors (Lipinski definition) is 2. The topological polar surface area (TPSA) is 32.3 Å². The molecule has 0 bridgehead atoms. The molecule has 1 aliphatic heterocycles. The number of rotatable bonds is 2. The van der Waals surface area contributed by atoms with Gasteiger partial charge in [0.05, 0.1) is 11.4 Å². The first-order valence-electron chi connectivity index (χ1n) is 5.83. The highest BCUT2D eigenvalue weighted by Crippen LogP contribution is 2.33. The fourth-order valence-corrected chi connectivity index (χ4v) is 2.15. The van der Waals surface area contributed by atoms with E-state index >= 15 is 0 Å². The van der Waals surface area contributed by atoms with Crippen LogP contribution in [0.15, 0.2) is 24.3 Å². The van der Waals surface area contributed by atoms with Gasteiger partial charge in [-0.1, -0.05) is 19.1 Å². The lowest BCUT2D eigenvalue weighted by molar-refractivity contribution is -0.120. The van der Waals surface area contributed by atoms with Crippen LogP contribution in [-0.4, -0.2) is 18.0 Å². The lowest BCUT2D eigenvalue weighted by atomic mass is 10.1. The van der Waals surface area contributed by atoms with Crippen LogP contribution in [0.5, 0.6) is 0 Å². The van der Waals surface area contributed by atoms with Crippen molar-refractivity contribution in [2.75, 3.05) is 10.2 Å². The molecule has 0 radical (unpaired) electrons. The minimum absolute atomic E-state index is 0.0858. The normalized spacial score (nSPS) is 19.6. The third-order valence-corrected chi connectivity index (χ3v) is 2.95. The molecule has 0 aliphatic carbocycles. The second-order valence-corrected chi connectivity index (χ2v) is 4.42. The Balaban J connectivity index is 2.46. The van der Waals surface area contributed by atoms with E-state index < -0.39 is 0 Å². The summed E-state index contributed by atoms with van der Waals surface area (Å²) >= 11 is 0. The average molecular weight is 218 g/mol. The van der Waals surface area contributed by atoms with E-state index in [1.807, 2.05) is 49.9 Å². The van der Waals surface area contributed by atoms with E-state index in [9.17, 15) is 4.79 Å². The molecule has 0 spiro atoms. The van der Waals surface area contributed by atoms with Gasteiger partial charge in [-0.15, -0.1) is 0 Å². The Kier molecular flexibility index (Phi) is 2.86. The van der Waals surface area contributed by atoms with Crippen LogP contribution in [0, 0.1) is 0 Å². The summed E-state index contributed by atoms with van der Waals surface area (Å²) < 4.78 is 0. The van der Waals surface area contributed by atoms with Crippen LogP contribution < -0.4 is 10.2 Å². The summed E-state index contributed by atoms with van der Waals surface area (Å²) in [6.07, 6.45) is 0.816. The largest absolute Gasteiger partial charge is 0.372 e. The van der Waals surface area contributed by atoms with Gasteiger partial charge >= 0.3 is 0 Å². The molecule has 2 rings (SSSR count). The lowest BCUT2D eigenvalue weighted by Gasteiger charge is -2.37. The maximum Gasteiger partial charge on any atom is 0.249 e. The minimum atomic E-state index is -0.0858. The van der Waals surface area contributed by atoms with Crippen LogP contribution in [-0.2, 0) is 4.79 Å². The molecule has 16 heavy (non-hydrogen) atoms. The van der Waals surface area contributed by atoms with Gasteiger partial charge in [-0.3, -0.25) is 4.79 Å². The number of carbonyl (C=O) groups is 1. The summed E-state index contributed by atoms with van der Waals surface area (Å²) in [5, 5.41) is 3.29.